The van der Waals surface area contributed by atoms with Crippen molar-refractivity contribution in [2.24, 2.45) is 10.7 Å². The van der Waals surface area contributed by atoms with Gasteiger partial charge >= 0.3 is 0 Å². The van der Waals surface area contributed by atoms with Crippen LogP contribution in [-0.4, -0.2) is 25.0 Å². The molecule has 0 bridgehead atoms. The summed E-state index contributed by atoms with van der Waals surface area (Å²) in [6.45, 7) is 3.05. The Kier molecular flexibility index (Phi) is 5.64. The molecule has 0 fully saturated rings. The number of benzene rings is 2. The number of nitrogens with zero attached hydrogens (tertiary/aromatic N) is 1. The third-order valence-electron chi connectivity index (χ3n) is 2.88. The van der Waals surface area contributed by atoms with E-state index in [4.69, 9.17) is 10.5 Å². The molecule has 0 aliphatic carbocycles. The first-order valence-electron chi connectivity index (χ1n) is 7.03. The second-order valence-electron chi connectivity index (χ2n) is 4.79. The van der Waals surface area contributed by atoms with Crippen molar-refractivity contribution >= 4 is 11.5 Å². The minimum Gasteiger partial charge on any atom is -0.489 e. The van der Waals surface area contributed by atoms with Crippen LogP contribution in [-0.2, 0) is 0 Å². The molecule has 0 aromatic heterocycles. The van der Waals surface area contributed by atoms with Crippen LogP contribution in [0.5, 0.6) is 5.75 Å². The number of nitrogens with one attached hydrogen (secondary N) is 1. The van der Waals surface area contributed by atoms with Crippen LogP contribution < -0.4 is 15.8 Å². The molecule has 4 nitrogen and oxygen atoms in total. The summed E-state index contributed by atoms with van der Waals surface area (Å²) in [6.07, 6.45) is -0.0114. The molecular weight excluding hydrogens is 262 g/mol. The third-order valence-corrected chi connectivity index (χ3v) is 2.88. The van der Waals surface area contributed by atoms with E-state index in [9.17, 15) is 0 Å². The second-order valence-corrected chi connectivity index (χ2v) is 4.79. The highest BCUT2D eigenvalue weighted by atomic mass is 16.5. The van der Waals surface area contributed by atoms with Gasteiger partial charge in [0.05, 0.1) is 13.1 Å². The second kappa shape index (κ2) is 7.94. The van der Waals surface area contributed by atoms with Gasteiger partial charge in [0.25, 0.3) is 0 Å². The number of rotatable bonds is 7. The molecule has 3 N–H and O–H groups in total. The molecule has 0 radical (unpaired) electrons. The van der Waals surface area contributed by atoms with Crippen LogP contribution in [0.3, 0.4) is 0 Å². The normalized spacial score (nSPS) is 12.7. The zero-order valence-corrected chi connectivity index (χ0v) is 12.2. The van der Waals surface area contributed by atoms with Gasteiger partial charge in [-0.25, -0.2) is 0 Å². The number of hydrogen-bond donors (Lipinski definition) is 2. The molecule has 21 heavy (non-hydrogen) atoms. The standard InChI is InChI=1S/C17H21N3O/c1-14(21-16-10-6-3-7-11-16)12-20-17(18)13-19-15-8-4-2-5-9-15/h2-11,14,19H,12-13H2,1H3,(H2,18,20). The summed E-state index contributed by atoms with van der Waals surface area (Å²) in [5, 5.41) is 3.22. The van der Waals surface area contributed by atoms with E-state index in [1.807, 2.05) is 67.6 Å². The molecule has 1 atom stereocenters. The first kappa shape index (κ1) is 14.9. The van der Waals surface area contributed by atoms with Crippen LogP contribution >= 0.6 is 0 Å². The predicted octanol–water partition coefficient (Wildman–Crippen LogP) is 2.92. The molecule has 0 aliphatic rings. The molecule has 0 aliphatic heterocycles. The average Bonchev–Trinajstić information content (AvgIpc) is 2.53. The number of amidine groups is 1. The Morgan fingerprint density at radius 1 is 1.10 bits per heavy atom. The molecule has 2 aromatic rings. The molecule has 2 aromatic carbocycles. The molecule has 4 heteroatoms. The van der Waals surface area contributed by atoms with Crippen LogP contribution in [0.25, 0.3) is 0 Å². The minimum absolute atomic E-state index is 0.0114. The topological polar surface area (TPSA) is 59.6 Å². The summed E-state index contributed by atoms with van der Waals surface area (Å²) in [5.41, 5.74) is 6.93. The number of ether oxygens (including phenoxy) is 1. The van der Waals surface area contributed by atoms with E-state index in [-0.39, 0.29) is 6.10 Å². The summed E-state index contributed by atoms with van der Waals surface area (Å²) in [4.78, 5) is 4.34. The maximum absolute atomic E-state index is 5.90. The van der Waals surface area contributed by atoms with Crippen molar-refractivity contribution in [1.29, 1.82) is 0 Å². The predicted molar refractivity (Wildman–Crippen MR) is 88.0 cm³/mol. The molecule has 0 amide bonds. The van der Waals surface area contributed by atoms with Gasteiger partial charge in [-0.3, -0.25) is 4.99 Å². The van der Waals surface area contributed by atoms with Crippen molar-refractivity contribution in [3.05, 3.63) is 60.7 Å². The van der Waals surface area contributed by atoms with E-state index < -0.39 is 0 Å². The van der Waals surface area contributed by atoms with Crippen molar-refractivity contribution < 1.29 is 4.74 Å². The smallest absolute Gasteiger partial charge is 0.119 e. The van der Waals surface area contributed by atoms with E-state index >= 15 is 0 Å². The summed E-state index contributed by atoms with van der Waals surface area (Å²) < 4.78 is 5.74. The highest BCUT2D eigenvalue weighted by molar-refractivity contribution is 5.84. The van der Waals surface area contributed by atoms with Gasteiger partial charge in [-0.15, -0.1) is 0 Å². The van der Waals surface area contributed by atoms with Gasteiger partial charge in [0.1, 0.15) is 17.7 Å². The number of nitrogens with two attached hydrogens (primary N) is 1. The molecule has 1 unspecified atom stereocenters. The highest BCUT2D eigenvalue weighted by Gasteiger charge is 2.03. The monoisotopic (exact) mass is 283 g/mol. The summed E-state index contributed by atoms with van der Waals surface area (Å²) in [5.74, 6) is 1.42. The quantitative estimate of drug-likeness (QED) is 0.606. The Labute approximate surface area is 125 Å². The Balaban J connectivity index is 1.75. The van der Waals surface area contributed by atoms with Crippen molar-refractivity contribution in [3.8, 4) is 5.75 Å². The fourth-order valence-corrected chi connectivity index (χ4v) is 1.82. The maximum atomic E-state index is 5.90. The van der Waals surface area contributed by atoms with Crippen molar-refractivity contribution in [3.63, 3.8) is 0 Å². The lowest BCUT2D eigenvalue weighted by atomic mass is 10.3. The van der Waals surface area contributed by atoms with Crippen molar-refractivity contribution in [1.82, 2.24) is 0 Å². The van der Waals surface area contributed by atoms with Gasteiger partial charge in [0, 0.05) is 5.69 Å². The zero-order valence-electron chi connectivity index (χ0n) is 12.2. The number of aliphatic imine (C=N–C) groups is 1. The van der Waals surface area contributed by atoms with E-state index in [1.165, 1.54) is 0 Å². The van der Waals surface area contributed by atoms with Gasteiger partial charge in [0.2, 0.25) is 0 Å². The largest absolute Gasteiger partial charge is 0.489 e. The third kappa shape index (κ3) is 5.57. The van der Waals surface area contributed by atoms with Crippen LogP contribution in [0.4, 0.5) is 5.69 Å². The summed E-state index contributed by atoms with van der Waals surface area (Å²) >= 11 is 0. The van der Waals surface area contributed by atoms with Crippen molar-refractivity contribution in [2.45, 2.75) is 13.0 Å². The first-order chi connectivity index (χ1) is 10.2. The Morgan fingerprint density at radius 2 is 1.71 bits per heavy atom. The molecule has 0 saturated carbocycles. The highest BCUT2D eigenvalue weighted by Crippen LogP contribution is 2.10. The number of anilines is 1. The lowest BCUT2D eigenvalue weighted by Gasteiger charge is -2.13. The van der Waals surface area contributed by atoms with Crippen LogP contribution in [0, 0.1) is 0 Å². The van der Waals surface area contributed by atoms with Crippen LogP contribution in [0.15, 0.2) is 65.7 Å². The Morgan fingerprint density at radius 3 is 2.38 bits per heavy atom. The van der Waals surface area contributed by atoms with E-state index in [2.05, 4.69) is 10.3 Å². The van der Waals surface area contributed by atoms with Gasteiger partial charge in [-0.2, -0.15) is 0 Å². The van der Waals surface area contributed by atoms with Crippen LogP contribution in [0.2, 0.25) is 0 Å². The molecule has 0 spiro atoms. The minimum atomic E-state index is -0.0114. The lowest BCUT2D eigenvalue weighted by molar-refractivity contribution is 0.230. The number of para-hydroxylation sites is 2. The fraction of sp³-hybridized carbons (Fsp3) is 0.235. The molecule has 0 saturated heterocycles. The first-order valence-corrected chi connectivity index (χ1v) is 7.03. The van der Waals surface area contributed by atoms with Crippen LogP contribution in [0.1, 0.15) is 6.92 Å². The molecule has 0 heterocycles. The van der Waals surface area contributed by atoms with Gasteiger partial charge in [-0.1, -0.05) is 36.4 Å². The van der Waals surface area contributed by atoms with E-state index in [0.717, 1.165) is 11.4 Å². The lowest BCUT2D eigenvalue weighted by Crippen LogP contribution is -2.25. The van der Waals surface area contributed by atoms with E-state index in [1.54, 1.807) is 0 Å². The Bertz CT molecular complexity index is 555. The average molecular weight is 283 g/mol. The van der Waals surface area contributed by atoms with Gasteiger partial charge in [-0.05, 0) is 31.2 Å². The van der Waals surface area contributed by atoms with Gasteiger partial charge in [0.15, 0.2) is 0 Å². The van der Waals surface area contributed by atoms with Gasteiger partial charge < -0.3 is 15.8 Å². The SMILES string of the molecule is CC(CN=C(N)CNc1ccccc1)Oc1ccccc1. The molecule has 110 valence electrons. The molecular formula is C17H21N3O. The Hall–Kier alpha value is -2.49. The summed E-state index contributed by atoms with van der Waals surface area (Å²) in [7, 11) is 0. The number of hydrogen-bond acceptors (Lipinski definition) is 3. The molecule has 2 rings (SSSR count). The van der Waals surface area contributed by atoms with E-state index in [0.29, 0.717) is 18.9 Å². The zero-order chi connectivity index (χ0) is 14.9. The van der Waals surface area contributed by atoms with Crippen molar-refractivity contribution in [2.75, 3.05) is 18.4 Å². The maximum Gasteiger partial charge on any atom is 0.119 e. The summed E-state index contributed by atoms with van der Waals surface area (Å²) in [6, 6.07) is 19.6. The fourth-order valence-electron chi connectivity index (χ4n) is 1.82.